The monoisotopic (exact) mass is 279 g/mol. The Bertz CT molecular complexity index is 783. The van der Waals surface area contributed by atoms with Crippen LogP contribution in [0.25, 0.3) is 22.6 Å². The standard InChI is InChI=1S/C13H8ClF2N3/c1-6-2-11-13(17-5-6)19-12(18-11)7-3-10(16)8(14)4-9(7)15/h2-5H,1H3,(H,17,18,19). The number of nitrogens with one attached hydrogen (secondary N) is 1. The Morgan fingerprint density at radius 2 is 1.95 bits per heavy atom. The molecule has 3 rings (SSSR count). The second kappa shape index (κ2) is 4.28. The highest BCUT2D eigenvalue weighted by Gasteiger charge is 2.14. The van der Waals surface area contributed by atoms with Crippen LogP contribution in [0.1, 0.15) is 5.56 Å². The predicted molar refractivity (Wildman–Crippen MR) is 69.0 cm³/mol. The second-order valence-corrected chi connectivity index (χ2v) is 4.62. The summed E-state index contributed by atoms with van der Waals surface area (Å²) >= 11 is 5.51. The van der Waals surface area contributed by atoms with Gasteiger partial charge in [-0.15, -0.1) is 0 Å². The Labute approximate surface area is 112 Å². The lowest BCUT2D eigenvalue weighted by Crippen LogP contribution is -1.89. The molecule has 0 aliphatic rings. The quantitative estimate of drug-likeness (QED) is 0.687. The molecule has 0 atom stereocenters. The highest BCUT2D eigenvalue weighted by molar-refractivity contribution is 6.30. The molecule has 2 heterocycles. The van der Waals surface area contributed by atoms with Crippen LogP contribution in [-0.2, 0) is 0 Å². The Morgan fingerprint density at radius 1 is 1.16 bits per heavy atom. The van der Waals surface area contributed by atoms with E-state index in [1.165, 1.54) is 0 Å². The fourth-order valence-electron chi connectivity index (χ4n) is 1.84. The first-order valence-electron chi connectivity index (χ1n) is 5.52. The summed E-state index contributed by atoms with van der Waals surface area (Å²) in [5.74, 6) is -1.11. The van der Waals surface area contributed by atoms with Crippen LogP contribution in [-0.4, -0.2) is 15.0 Å². The molecule has 0 saturated carbocycles. The van der Waals surface area contributed by atoms with Crippen LogP contribution in [0.2, 0.25) is 5.02 Å². The van der Waals surface area contributed by atoms with Crippen molar-refractivity contribution in [2.45, 2.75) is 6.92 Å². The summed E-state index contributed by atoms with van der Waals surface area (Å²) in [4.78, 5) is 11.2. The van der Waals surface area contributed by atoms with Gasteiger partial charge in [-0.25, -0.2) is 18.7 Å². The number of benzene rings is 1. The number of hydrogen-bond donors (Lipinski definition) is 1. The lowest BCUT2D eigenvalue weighted by atomic mass is 10.2. The summed E-state index contributed by atoms with van der Waals surface area (Å²) in [6.45, 7) is 1.88. The molecule has 3 aromatic rings. The minimum atomic E-state index is -0.692. The van der Waals surface area contributed by atoms with Gasteiger partial charge in [-0.1, -0.05) is 11.6 Å². The van der Waals surface area contributed by atoms with Crippen molar-refractivity contribution < 1.29 is 8.78 Å². The number of aromatic nitrogens is 3. The van der Waals surface area contributed by atoms with Gasteiger partial charge in [0, 0.05) is 6.20 Å². The molecule has 1 N–H and O–H groups in total. The zero-order valence-electron chi connectivity index (χ0n) is 9.84. The SMILES string of the molecule is Cc1cnc2nc(-c3cc(F)c(Cl)cc3F)[nH]c2c1. The number of rotatable bonds is 1. The van der Waals surface area contributed by atoms with Gasteiger partial charge in [0.15, 0.2) is 5.65 Å². The van der Waals surface area contributed by atoms with E-state index in [4.69, 9.17) is 11.6 Å². The molecule has 3 nitrogen and oxygen atoms in total. The van der Waals surface area contributed by atoms with Crippen molar-refractivity contribution in [1.29, 1.82) is 0 Å². The first kappa shape index (κ1) is 12.0. The second-order valence-electron chi connectivity index (χ2n) is 4.22. The van der Waals surface area contributed by atoms with Gasteiger partial charge in [0.2, 0.25) is 0 Å². The Morgan fingerprint density at radius 3 is 2.74 bits per heavy atom. The van der Waals surface area contributed by atoms with Crippen molar-refractivity contribution in [2.24, 2.45) is 0 Å². The van der Waals surface area contributed by atoms with Gasteiger partial charge < -0.3 is 4.98 Å². The van der Waals surface area contributed by atoms with Gasteiger partial charge in [0.1, 0.15) is 17.5 Å². The van der Waals surface area contributed by atoms with Crippen molar-refractivity contribution in [3.63, 3.8) is 0 Å². The number of halogens is 3. The van der Waals surface area contributed by atoms with Gasteiger partial charge in [0.25, 0.3) is 0 Å². The van der Waals surface area contributed by atoms with Crippen LogP contribution in [0.5, 0.6) is 0 Å². The summed E-state index contributed by atoms with van der Waals surface area (Å²) in [5.41, 5.74) is 2.10. The van der Waals surface area contributed by atoms with E-state index in [1.54, 1.807) is 6.20 Å². The molecule has 0 amide bonds. The molecule has 96 valence electrons. The summed E-state index contributed by atoms with van der Waals surface area (Å²) < 4.78 is 27.2. The van der Waals surface area contributed by atoms with Crippen LogP contribution >= 0.6 is 11.6 Å². The van der Waals surface area contributed by atoms with Crippen molar-refractivity contribution in [2.75, 3.05) is 0 Å². The molecule has 0 bridgehead atoms. The maximum absolute atomic E-state index is 13.8. The number of hydrogen-bond acceptors (Lipinski definition) is 2. The normalized spacial score (nSPS) is 11.2. The highest BCUT2D eigenvalue weighted by Crippen LogP contribution is 2.27. The van der Waals surface area contributed by atoms with Gasteiger partial charge in [-0.05, 0) is 30.7 Å². The molecule has 0 radical (unpaired) electrons. The van der Waals surface area contributed by atoms with E-state index in [0.29, 0.717) is 11.2 Å². The van der Waals surface area contributed by atoms with Crippen molar-refractivity contribution in [3.05, 3.63) is 46.6 Å². The maximum atomic E-state index is 13.8. The van der Waals surface area contributed by atoms with Crippen LogP contribution < -0.4 is 0 Å². The molecule has 0 unspecified atom stereocenters. The molecule has 1 aromatic carbocycles. The molecule has 2 aromatic heterocycles. The van der Waals surface area contributed by atoms with Crippen molar-refractivity contribution in [3.8, 4) is 11.4 Å². The van der Waals surface area contributed by atoms with Crippen LogP contribution in [0.3, 0.4) is 0 Å². The Kier molecular flexibility index (Phi) is 2.71. The van der Waals surface area contributed by atoms with Crippen molar-refractivity contribution >= 4 is 22.8 Å². The van der Waals surface area contributed by atoms with Crippen LogP contribution in [0, 0.1) is 18.6 Å². The average Bonchev–Trinajstić information content (AvgIpc) is 2.76. The maximum Gasteiger partial charge on any atom is 0.178 e. The summed E-state index contributed by atoms with van der Waals surface area (Å²) in [7, 11) is 0. The third-order valence-corrected chi connectivity index (χ3v) is 3.03. The predicted octanol–water partition coefficient (Wildman–Crippen LogP) is 3.86. The molecular weight excluding hydrogens is 272 g/mol. The van der Waals surface area contributed by atoms with E-state index >= 15 is 0 Å². The lowest BCUT2D eigenvalue weighted by molar-refractivity contribution is 0.602. The number of aryl methyl sites for hydroxylation is 1. The minimum Gasteiger partial charge on any atom is -0.336 e. The first-order chi connectivity index (χ1) is 9.04. The number of aromatic amines is 1. The smallest absolute Gasteiger partial charge is 0.178 e. The van der Waals surface area contributed by atoms with E-state index < -0.39 is 11.6 Å². The summed E-state index contributed by atoms with van der Waals surface area (Å²) in [6, 6.07) is 3.78. The van der Waals surface area contributed by atoms with E-state index in [0.717, 1.165) is 17.7 Å². The minimum absolute atomic E-state index is 0.0255. The number of imidazole rings is 1. The largest absolute Gasteiger partial charge is 0.336 e. The fourth-order valence-corrected chi connectivity index (χ4v) is 1.99. The molecule has 0 aliphatic heterocycles. The van der Waals surface area contributed by atoms with Crippen molar-refractivity contribution in [1.82, 2.24) is 15.0 Å². The number of nitrogens with zero attached hydrogens (tertiary/aromatic N) is 2. The summed E-state index contributed by atoms with van der Waals surface area (Å²) in [5, 5.41) is -0.258. The number of H-pyrrole nitrogens is 1. The Balaban J connectivity index is 2.21. The molecule has 0 aliphatic carbocycles. The lowest BCUT2D eigenvalue weighted by Gasteiger charge is -2.01. The first-order valence-corrected chi connectivity index (χ1v) is 5.89. The molecule has 0 fully saturated rings. The summed E-state index contributed by atoms with van der Waals surface area (Å²) in [6.07, 6.45) is 1.66. The molecular formula is C13H8ClF2N3. The highest BCUT2D eigenvalue weighted by atomic mass is 35.5. The molecule has 19 heavy (non-hydrogen) atoms. The van der Waals surface area contributed by atoms with E-state index in [-0.39, 0.29) is 16.4 Å². The van der Waals surface area contributed by atoms with Gasteiger partial charge in [0.05, 0.1) is 16.1 Å². The van der Waals surface area contributed by atoms with Crippen LogP contribution in [0.15, 0.2) is 24.4 Å². The Hall–Kier alpha value is -2.01. The topological polar surface area (TPSA) is 41.6 Å². The van der Waals surface area contributed by atoms with E-state index in [9.17, 15) is 8.78 Å². The van der Waals surface area contributed by atoms with E-state index in [1.807, 2.05) is 13.0 Å². The third kappa shape index (κ3) is 2.06. The fraction of sp³-hybridized carbons (Fsp3) is 0.0769. The molecule has 0 saturated heterocycles. The van der Waals surface area contributed by atoms with Gasteiger partial charge in [-0.3, -0.25) is 0 Å². The molecule has 0 spiro atoms. The zero-order chi connectivity index (χ0) is 13.6. The average molecular weight is 280 g/mol. The van der Waals surface area contributed by atoms with Gasteiger partial charge in [-0.2, -0.15) is 0 Å². The number of fused-ring (bicyclic) bond motifs is 1. The van der Waals surface area contributed by atoms with Gasteiger partial charge >= 0.3 is 0 Å². The van der Waals surface area contributed by atoms with Crippen LogP contribution in [0.4, 0.5) is 8.78 Å². The zero-order valence-corrected chi connectivity index (χ0v) is 10.6. The van der Waals surface area contributed by atoms with E-state index in [2.05, 4.69) is 15.0 Å². The third-order valence-electron chi connectivity index (χ3n) is 2.74. The number of pyridine rings is 1. The molecule has 6 heteroatoms.